The van der Waals surface area contributed by atoms with Gasteiger partial charge in [-0.15, -0.1) is 0 Å². The number of rotatable bonds is 5. The van der Waals surface area contributed by atoms with Crippen LogP contribution in [0.15, 0.2) is 27.4 Å². The van der Waals surface area contributed by atoms with Gasteiger partial charge < -0.3 is 9.73 Å². The molecule has 1 aromatic heterocycles. The molecular formula is C15H20N2O3. The van der Waals surface area contributed by atoms with Gasteiger partial charge in [0.25, 0.3) is 5.91 Å². The average Bonchev–Trinajstić information content (AvgIpc) is 2.76. The molecule has 0 aliphatic rings. The van der Waals surface area contributed by atoms with Crippen molar-refractivity contribution in [3.63, 3.8) is 0 Å². The Morgan fingerprint density at radius 3 is 2.75 bits per heavy atom. The van der Waals surface area contributed by atoms with Crippen LogP contribution in [0.2, 0.25) is 0 Å². The summed E-state index contributed by atoms with van der Waals surface area (Å²) in [5.41, 5.74) is 1.29. The molecule has 2 N–H and O–H groups in total. The predicted octanol–water partition coefficient (Wildman–Crippen LogP) is 2.68. The molecular weight excluding hydrogens is 256 g/mol. The Morgan fingerprint density at radius 2 is 2.05 bits per heavy atom. The molecule has 0 saturated heterocycles. The third-order valence-corrected chi connectivity index (χ3v) is 3.26. The number of oxazole rings is 1. The minimum absolute atomic E-state index is 0.0961. The van der Waals surface area contributed by atoms with E-state index >= 15 is 0 Å². The first-order chi connectivity index (χ1) is 9.47. The zero-order chi connectivity index (χ0) is 14.7. The molecule has 1 amide bonds. The van der Waals surface area contributed by atoms with Crippen molar-refractivity contribution in [2.24, 2.45) is 5.92 Å². The number of aromatic amines is 1. The van der Waals surface area contributed by atoms with E-state index in [-0.39, 0.29) is 11.9 Å². The van der Waals surface area contributed by atoms with Crippen molar-refractivity contribution in [3.05, 3.63) is 34.3 Å². The Balaban J connectivity index is 2.13. The first-order valence-electron chi connectivity index (χ1n) is 6.90. The van der Waals surface area contributed by atoms with Crippen LogP contribution in [0.3, 0.4) is 0 Å². The molecule has 0 radical (unpaired) electrons. The van der Waals surface area contributed by atoms with Gasteiger partial charge in [0.05, 0.1) is 11.1 Å². The summed E-state index contributed by atoms with van der Waals surface area (Å²) in [6.45, 7) is 6.30. The number of para-hydroxylation sites is 1. The minimum Gasteiger partial charge on any atom is -0.408 e. The van der Waals surface area contributed by atoms with Crippen LogP contribution in [0.5, 0.6) is 0 Å². The topological polar surface area (TPSA) is 75.1 Å². The molecule has 108 valence electrons. The quantitative estimate of drug-likeness (QED) is 0.881. The lowest BCUT2D eigenvalue weighted by Crippen LogP contribution is -2.32. The van der Waals surface area contributed by atoms with Crippen LogP contribution < -0.4 is 11.1 Å². The predicted molar refractivity (Wildman–Crippen MR) is 77.8 cm³/mol. The van der Waals surface area contributed by atoms with Gasteiger partial charge in [-0.05, 0) is 37.8 Å². The number of benzene rings is 1. The van der Waals surface area contributed by atoms with Gasteiger partial charge in [-0.3, -0.25) is 9.78 Å². The van der Waals surface area contributed by atoms with E-state index in [9.17, 15) is 9.59 Å². The third-order valence-electron chi connectivity index (χ3n) is 3.26. The molecule has 2 aromatic rings. The van der Waals surface area contributed by atoms with E-state index in [4.69, 9.17) is 4.42 Å². The summed E-state index contributed by atoms with van der Waals surface area (Å²) in [6, 6.07) is 5.14. The molecule has 5 nitrogen and oxygen atoms in total. The summed E-state index contributed by atoms with van der Waals surface area (Å²) in [4.78, 5) is 26.0. The van der Waals surface area contributed by atoms with Crippen molar-refractivity contribution < 1.29 is 9.21 Å². The first kappa shape index (κ1) is 14.4. The fraction of sp³-hybridized carbons (Fsp3) is 0.467. The van der Waals surface area contributed by atoms with Crippen molar-refractivity contribution in [1.82, 2.24) is 10.3 Å². The van der Waals surface area contributed by atoms with Crippen molar-refractivity contribution in [3.8, 4) is 0 Å². The van der Waals surface area contributed by atoms with Gasteiger partial charge in [0.15, 0.2) is 5.58 Å². The second kappa shape index (κ2) is 5.94. The number of nitrogens with one attached hydrogen (secondary N) is 2. The van der Waals surface area contributed by atoms with Gasteiger partial charge in [0.1, 0.15) is 0 Å². The molecule has 2 rings (SSSR count). The van der Waals surface area contributed by atoms with E-state index in [1.165, 1.54) is 0 Å². The minimum atomic E-state index is -0.548. The van der Waals surface area contributed by atoms with E-state index < -0.39 is 5.76 Å². The van der Waals surface area contributed by atoms with E-state index in [0.717, 1.165) is 12.8 Å². The van der Waals surface area contributed by atoms with E-state index in [2.05, 4.69) is 24.1 Å². The first-order valence-corrected chi connectivity index (χ1v) is 6.90. The van der Waals surface area contributed by atoms with Gasteiger partial charge in [-0.25, -0.2) is 4.79 Å². The summed E-state index contributed by atoms with van der Waals surface area (Å²) in [6.07, 6.45) is 2.00. The highest BCUT2D eigenvalue weighted by molar-refractivity contribution is 6.04. The Kier molecular flexibility index (Phi) is 4.27. The van der Waals surface area contributed by atoms with Crippen LogP contribution in [-0.4, -0.2) is 16.9 Å². The van der Waals surface area contributed by atoms with E-state index in [0.29, 0.717) is 22.6 Å². The molecule has 0 spiro atoms. The molecule has 20 heavy (non-hydrogen) atoms. The van der Waals surface area contributed by atoms with Crippen molar-refractivity contribution in [2.45, 2.75) is 39.7 Å². The largest absolute Gasteiger partial charge is 0.417 e. The second-order valence-corrected chi connectivity index (χ2v) is 5.54. The molecule has 0 unspecified atom stereocenters. The average molecular weight is 276 g/mol. The zero-order valence-electron chi connectivity index (χ0n) is 12.0. The summed E-state index contributed by atoms with van der Waals surface area (Å²) in [5.74, 6) is -0.125. The van der Waals surface area contributed by atoms with Gasteiger partial charge in [-0.2, -0.15) is 0 Å². The molecule has 0 saturated carbocycles. The summed E-state index contributed by atoms with van der Waals surface area (Å²) >= 11 is 0. The molecule has 1 heterocycles. The Bertz CT molecular complexity index is 654. The van der Waals surface area contributed by atoms with Gasteiger partial charge in [0, 0.05) is 6.04 Å². The van der Waals surface area contributed by atoms with Crippen molar-refractivity contribution >= 4 is 17.0 Å². The van der Waals surface area contributed by atoms with E-state index in [1.54, 1.807) is 18.2 Å². The van der Waals surface area contributed by atoms with Crippen LogP contribution >= 0.6 is 0 Å². The fourth-order valence-corrected chi connectivity index (χ4v) is 2.12. The zero-order valence-corrected chi connectivity index (χ0v) is 12.0. The maximum atomic E-state index is 12.2. The Morgan fingerprint density at radius 1 is 1.30 bits per heavy atom. The molecule has 1 aromatic carbocycles. The standard InChI is InChI=1S/C15H20N2O3/c1-9(2)7-8-10(3)16-14(18)11-5-4-6-12-13(11)17-15(19)20-12/h4-6,9-10H,7-8H2,1-3H3,(H,16,18)(H,17,19)/t10-/m1/s1. The Hall–Kier alpha value is -2.04. The lowest BCUT2D eigenvalue weighted by molar-refractivity contribution is 0.0938. The second-order valence-electron chi connectivity index (χ2n) is 5.54. The highest BCUT2D eigenvalue weighted by Gasteiger charge is 2.15. The normalized spacial score (nSPS) is 12.8. The molecule has 5 heteroatoms. The number of hydrogen-bond acceptors (Lipinski definition) is 3. The smallest absolute Gasteiger partial charge is 0.408 e. The summed E-state index contributed by atoms with van der Waals surface area (Å²) < 4.78 is 4.95. The third kappa shape index (κ3) is 3.29. The maximum Gasteiger partial charge on any atom is 0.417 e. The fourth-order valence-electron chi connectivity index (χ4n) is 2.12. The highest BCUT2D eigenvalue weighted by atomic mass is 16.4. The van der Waals surface area contributed by atoms with Crippen LogP contribution in [0.25, 0.3) is 11.1 Å². The summed E-state index contributed by atoms with van der Waals surface area (Å²) in [7, 11) is 0. The lowest BCUT2D eigenvalue weighted by Gasteiger charge is -2.15. The van der Waals surface area contributed by atoms with Gasteiger partial charge >= 0.3 is 5.76 Å². The molecule has 0 aliphatic heterocycles. The molecule has 1 atom stereocenters. The molecule has 0 aliphatic carbocycles. The number of fused-ring (bicyclic) bond motifs is 1. The monoisotopic (exact) mass is 276 g/mol. The SMILES string of the molecule is CC(C)CC[C@@H](C)NC(=O)c1cccc2oc(=O)[nH]c12. The highest BCUT2D eigenvalue weighted by Crippen LogP contribution is 2.15. The van der Waals surface area contributed by atoms with Gasteiger partial charge in [-0.1, -0.05) is 19.9 Å². The maximum absolute atomic E-state index is 12.2. The lowest BCUT2D eigenvalue weighted by atomic mass is 10.0. The molecule has 0 fully saturated rings. The molecule has 0 bridgehead atoms. The number of aromatic nitrogens is 1. The number of carbonyl (C=O) groups is 1. The van der Waals surface area contributed by atoms with Crippen LogP contribution in [0.1, 0.15) is 44.0 Å². The number of carbonyl (C=O) groups excluding carboxylic acids is 1. The van der Waals surface area contributed by atoms with Crippen LogP contribution in [0.4, 0.5) is 0 Å². The van der Waals surface area contributed by atoms with E-state index in [1.807, 2.05) is 6.92 Å². The number of H-pyrrole nitrogens is 1. The van der Waals surface area contributed by atoms with Crippen LogP contribution in [-0.2, 0) is 0 Å². The van der Waals surface area contributed by atoms with Crippen molar-refractivity contribution in [2.75, 3.05) is 0 Å². The van der Waals surface area contributed by atoms with Crippen molar-refractivity contribution in [1.29, 1.82) is 0 Å². The summed E-state index contributed by atoms with van der Waals surface area (Å²) in [5, 5.41) is 2.95. The Labute approximate surface area is 117 Å². The number of amides is 1. The number of hydrogen-bond donors (Lipinski definition) is 2. The van der Waals surface area contributed by atoms with Gasteiger partial charge in [0.2, 0.25) is 0 Å². The van der Waals surface area contributed by atoms with Crippen LogP contribution in [0, 0.1) is 5.92 Å².